The molecular formula is C10H11FO3S. The third-order valence-electron chi connectivity index (χ3n) is 1.55. The van der Waals surface area contributed by atoms with Gasteiger partial charge in [-0.1, -0.05) is 12.1 Å². The lowest BCUT2D eigenvalue weighted by Gasteiger charge is -2.02. The summed E-state index contributed by atoms with van der Waals surface area (Å²) in [5.74, 6) is -0.722. The molecule has 0 amide bonds. The Bertz CT molecular complexity index is 330. The Balaban J connectivity index is 2.21. The molecule has 1 rings (SSSR count). The normalized spacial score (nSPS) is 10.2. The molecule has 5 heteroatoms. The minimum absolute atomic E-state index is 0.263. The summed E-state index contributed by atoms with van der Waals surface area (Å²) in [4.78, 5) is 10.6. The van der Waals surface area contributed by atoms with Gasteiger partial charge in [-0.05, 0) is 12.1 Å². The molecule has 0 spiro atoms. The average Bonchev–Trinajstić information content (AvgIpc) is 2.20. The molecule has 0 atom stereocenters. The monoisotopic (exact) mass is 230 g/mol. The van der Waals surface area contributed by atoms with Gasteiger partial charge in [0.2, 0.25) is 0 Å². The van der Waals surface area contributed by atoms with Crippen LogP contribution < -0.4 is 0 Å². The summed E-state index contributed by atoms with van der Waals surface area (Å²) >= 11 is 1.31. The predicted molar refractivity (Wildman–Crippen MR) is 55.6 cm³/mol. The zero-order valence-electron chi connectivity index (χ0n) is 7.98. The van der Waals surface area contributed by atoms with Crippen LogP contribution in [0.4, 0.5) is 4.39 Å². The fourth-order valence-corrected chi connectivity index (χ4v) is 1.73. The molecule has 1 N–H and O–H groups in total. The second kappa shape index (κ2) is 6.42. The molecule has 0 fully saturated rings. The van der Waals surface area contributed by atoms with Gasteiger partial charge in [0.05, 0.1) is 6.61 Å². The minimum atomic E-state index is -0.995. The first-order valence-corrected chi connectivity index (χ1v) is 5.35. The molecular weight excluding hydrogens is 219 g/mol. The van der Waals surface area contributed by atoms with E-state index in [9.17, 15) is 9.18 Å². The van der Waals surface area contributed by atoms with Crippen molar-refractivity contribution < 1.29 is 19.0 Å². The summed E-state index contributed by atoms with van der Waals surface area (Å²) in [5.41, 5.74) is 0. The van der Waals surface area contributed by atoms with Crippen molar-refractivity contribution in [1.29, 1.82) is 0 Å². The molecule has 0 unspecified atom stereocenters. The molecule has 3 nitrogen and oxygen atoms in total. The van der Waals surface area contributed by atoms with Gasteiger partial charge >= 0.3 is 5.97 Å². The van der Waals surface area contributed by atoms with Crippen LogP contribution in [0.1, 0.15) is 0 Å². The van der Waals surface area contributed by atoms with Gasteiger partial charge in [0.15, 0.2) is 0 Å². The highest BCUT2D eigenvalue weighted by molar-refractivity contribution is 7.99. The molecule has 0 saturated carbocycles. The molecule has 0 radical (unpaired) electrons. The Hall–Kier alpha value is -1.07. The van der Waals surface area contributed by atoms with Gasteiger partial charge in [-0.15, -0.1) is 11.8 Å². The molecule has 0 aliphatic carbocycles. The van der Waals surface area contributed by atoms with Crippen molar-refractivity contribution in [3.63, 3.8) is 0 Å². The standard InChI is InChI=1S/C10H11FO3S/c11-8-3-1-2-4-9(8)15-6-5-14-7-10(12)13/h1-4H,5-7H2,(H,12,13). The Labute approximate surface area is 91.2 Å². The summed E-state index contributed by atoms with van der Waals surface area (Å²) < 4.78 is 17.9. The first-order valence-electron chi connectivity index (χ1n) is 4.37. The molecule has 0 heterocycles. The van der Waals surface area contributed by atoms with E-state index < -0.39 is 5.97 Å². The number of thioether (sulfide) groups is 1. The van der Waals surface area contributed by atoms with Crippen LogP contribution in [-0.2, 0) is 9.53 Å². The molecule has 0 saturated heterocycles. The topological polar surface area (TPSA) is 46.5 Å². The number of carbonyl (C=O) groups is 1. The fourth-order valence-electron chi connectivity index (χ4n) is 0.932. The van der Waals surface area contributed by atoms with Gasteiger partial charge < -0.3 is 9.84 Å². The maximum Gasteiger partial charge on any atom is 0.329 e. The van der Waals surface area contributed by atoms with Gasteiger partial charge in [-0.25, -0.2) is 9.18 Å². The molecule has 1 aromatic rings. The molecule has 82 valence electrons. The van der Waals surface area contributed by atoms with Crippen molar-refractivity contribution in [3.8, 4) is 0 Å². The van der Waals surface area contributed by atoms with Gasteiger partial charge in [-0.2, -0.15) is 0 Å². The highest BCUT2D eigenvalue weighted by Crippen LogP contribution is 2.20. The third-order valence-corrected chi connectivity index (χ3v) is 2.56. The third kappa shape index (κ3) is 4.80. The lowest BCUT2D eigenvalue weighted by molar-refractivity contribution is -0.141. The van der Waals surface area contributed by atoms with Crippen LogP contribution in [0.5, 0.6) is 0 Å². The Morgan fingerprint density at radius 1 is 1.47 bits per heavy atom. The van der Waals surface area contributed by atoms with Crippen LogP contribution in [0, 0.1) is 5.82 Å². The lowest BCUT2D eigenvalue weighted by atomic mass is 10.3. The molecule has 0 bridgehead atoms. The van der Waals surface area contributed by atoms with Crippen molar-refractivity contribution in [2.75, 3.05) is 19.0 Å². The highest BCUT2D eigenvalue weighted by Gasteiger charge is 2.01. The lowest BCUT2D eigenvalue weighted by Crippen LogP contribution is -2.08. The number of ether oxygens (including phenoxy) is 1. The maximum atomic E-state index is 13.1. The quantitative estimate of drug-likeness (QED) is 0.600. The Kier molecular flexibility index (Phi) is 5.14. The van der Waals surface area contributed by atoms with Crippen molar-refractivity contribution in [2.45, 2.75) is 4.90 Å². The summed E-state index contributed by atoms with van der Waals surface area (Å²) in [5, 5.41) is 8.28. The number of rotatable bonds is 6. The van der Waals surface area contributed by atoms with Crippen LogP contribution >= 0.6 is 11.8 Å². The van der Waals surface area contributed by atoms with Gasteiger partial charge in [0, 0.05) is 10.6 Å². The molecule has 1 aromatic carbocycles. The van der Waals surface area contributed by atoms with Crippen molar-refractivity contribution in [3.05, 3.63) is 30.1 Å². The van der Waals surface area contributed by atoms with Crippen LogP contribution in [0.25, 0.3) is 0 Å². The Morgan fingerprint density at radius 2 is 2.20 bits per heavy atom. The summed E-state index contributed by atoms with van der Waals surface area (Å²) in [6, 6.07) is 6.45. The first-order chi connectivity index (χ1) is 7.20. The van der Waals surface area contributed by atoms with Crippen molar-refractivity contribution >= 4 is 17.7 Å². The molecule has 0 aliphatic rings. The molecule has 0 aliphatic heterocycles. The van der Waals surface area contributed by atoms with E-state index in [-0.39, 0.29) is 12.4 Å². The average molecular weight is 230 g/mol. The maximum absolute atomic E-state index is 13.1. The van der Waals surface area contributed by atoms with E-state index in [0.717, 1.165) is 0 Å². The summed E-state index contributed by atoms with van der Waals surface area (Å²) in [6.07, 6.45) is 0. The smallest absolute Gasteiger partial charge is 0.329 e. The second-order valence-electron chi connectivity index (χ2n) is 2.73. The SMILES string of the molecule is O=C(O)COCCSc1ccccc1F. The van der Waals surface area contributed by atoms with Crippen LogP contribution in [0.15, 0.2) is 29.2 Å². The highest BCUT2D eigenvalue weighted by atomic mass is 32.2. The van der Waals surface area contributed by atoms with Gasteiger partial charge in [0.25, 0.3) is 0 Å². The van der Waals surface area contributed by atoms with Crippen LogP contribution in [0.2, 0.25) is 0 Å². The fraction of sp³-hybridized carbons (Fsp3) is 0.300. The Morgan fingerprint density at radius 3 is 2.87 bits per heavy atom. The summed E-state index contributed by atoms with van der Waals surface area (Å²) in [6.45, 7) is -0.0108. The summed E-state index contributed by atoms with van der Waals surface area (Å²) in [7, 11) is 0. The van der Waals surface area contributed by atoms with E-state index >= 15 is 0 Å². The van der Waals surface area contributed by atoms with Crippen molar-refractivity contribution in [2.24, 2.45) is 0 Å². The predicted octanol–water partition coefficient (Wildman–Crippen LogP) is 2.02. The van der Waals surface area contributed by atoms with E-state index in [4.69, 9.17) is 9.84 Å². The van der Waals surface area contributed by atoms with E-state index in [0.29, 0.717) is 17.3 Å². The number of carboxylic acid groups (broad SMARTS) is 1. The minimum Gasteiger partial charge on any atom is -0.480 e. The number of benzene rings is 1. The number of aliphatic carboxylic acids is 1. The van der Waals surface area contributed by atoms with E-state index in [1.807, 2.05) is 0 Å². The van der Waals surface area contributed by atoms with E-state index in [1.165, 1.54) is 17.8 Å². The largest absolute Gasteiger partial charge is 0.480 e. The van der Waals surface area contributed by atoms with Crippen molar-refractivity contribution in [1.82, 2.24) is 0 Å². The van der Waals surface area contributed by atoms with E-state index in [1.54, 1.807) is 18.2 Å². The molecule has 0 aromatic heterocycles. The van der Waals surface area contributed by atoms with Gasteiger partial charge in [-0.3, -0.25) is 0 Å². The zero-order chi connectivity index (χ0) is 11.1. The number of carboxylic acids is 1. The van der Waals surface area contributed by atoms with E-state index in [2.05, 4.69) is 0 Å². The van der Waals surface area contributed by atoms with Gasteiger partial charge in [0.1, 0.15) is 12.4 Å². The number of hydrogen-bond donors (Lipinski definition) is 1. The molecule has 15 heavy (non-hydrogen) atoms. The van der Waals surface area contributed by atoms with Crippen LogP contribution in [0.3, 0.4) is 0 Å². The first kappa shape index (κ1) is 12.0. The van der Waals surface area contributed by atoms with Crippen LogP contribution in [-0.4, -0.2) is 30.0 Å². The zero-order valence-corrected chi connectivity index (χ0v) is 8.80. The number of hydrogen-bond acceptors (Lipinski definition) is 3. The second-order valence-corrected chi connectivity index (χ2v) is 3.86. The number of halogens is 1.